The third kappa shape index (κ3) is 4.49. The number of nitrogens with zero attached hydrogens (tertiary/aromatic N) is 1. The van der Waals surface area contributed by atoms with Gasteiger partial charge in [-0.25, -0.2) is 0 Å². The van der Waals surface area contributed by atoms with E-state index in [4.69, 9.17) is 0 Å². The molecule has 0 amide bonds. The fourth-order valence-corrected chi connectivity index (χ4v) is 2.95. The molecule has 0 saturated heterocycles. The van der Waals surface area contributed by atoms with Crippen molar-refractivity contribution in [2.75, 3.05) is 18.5 Å². The largest absolute Gasteiger partial charge is 0.374 e. The molecule has 1 aromatic rings. The van der Waals surface area contributed by atoms with Gasteiger partial charge in [0.2, 0.25) is 0 Å². The van der Waals surface area contributed by atoms with Gasteiger partial charge in [0.1, 0.15) is 0 Å². The van der Waals surface area contributed by atoms with Crippen LogP contribution in [-0.4, -0.2) is 19.1 Å². The molecule has 0 radical (unpaired) electrons. The van der Waals surface area contributed by atoms with Gasteiger partial charge in [-0.15, -0.1) is 0 Å². The van der Waals surface area contributed by atoms with Gasteiger partial charge in [0.15, 0.2) is 0 Å². The van der Waals surface area contributed by atoms with Crippen LogP contribution in [0.15, 0.2) is 22.7 Å². The maximum Gasteiger partial charge on any atom is 0.0375 e. The lowest BCUT2D eigenvalue weighted by Gasteiger charge is -2.31. The molecule has 1 fully saturated rings. The molecule has 1 aromatic carbocycles. The highest BCUT2D eigenvalue weighted by molar-refractivity contribution is 9.10. The van der Waals surface area contributed by atoms with Crippen molar-refractivity contribution in [1.29, 1.82) is 0 Å². The SMILES string of the molecule is CN(CC1CCC1)c1ccc(CNC(C)(C)C)c(Br)c1. The fraction of sp³-hybridized carbons (Fsp3) is 0.647. The van der Waals surface area contributed by atoms with Gasteiger partial charge >= 0.3 is 0 Å². The molecule has 0 unspecified atom stereocenters. The van der Waals surface area contributed by atoms with Crippen molar-refractivity contribution in [3.05, 3.63) is 28.2 Å². The number of anilines is 1. The highest BCUT2D eigenvalue weighted by Crippen LogP contribution is 2.30. The minimum absolute atomic E-state index is 0.152. The highest BCUT2D eigenvalue weighted by atomic mass is 79.9. The lowest BCUT2D eigenvalue weighted by atomic mass is 9.85. The number of hydrogen-bond acceptors (Lipinski definition) is 2. The van der Waals surface area contributed by atoms with Gasteiger partial charge in [-0.2, -0.15) is 0 Å². The summed E-state index contributed by atoms with van der Waals surface area (Å²) in [7, 11) is 2.20. The topological polar surface area (TPSA) is 15.3 Å². The Balaban J connectivity index is 1.97. The van der Waals surface area contributed by atoms with Crippen LogP contribution in [0.25, 0.3) is 0 Å². The minimum Gasteiger partial charge on any atom is -0.374 e. The molecule has 0 aliphatic heterocycles. The van der Waals surface area contributed by atoms with Crippen LogP contribution in [0, 0.1) is 5.92 Å². The van der Waals surface area contributed by atoms with Crippen LogP contribution in [0.5, 0.6) is 0 Å². The Bertz CT molecular complexity index is 447. The summed E-state index contributed by atoms with van der Waals surface area (Å²) in [4.78, 5) is 2.38. The summed E-state index contributed by atoms with van der Waals surface area (Å²) in [5.41, 5.74) is 2.78. The van der Waals surface area contributed by atoms with Crippen molar-refractivity contribution in [1.82, 2.24) is 5.32 Å². The van der Waals surface area contributed by atoms with Crippen molar-refractivity contribution >= 4 is 21.6 Å². The first-order valence-electron chi connectivity index (χ1n) is 7.60. The second-order valence-corrected chi connectivity index (χ2v) is 7.91. The van der Waals surface area contributed by atoms with Gasteiger partial charge in [-0.05, 0) is 57.2 Å². The van der Waals surface area contributed by atoms with Crippen LogP contribution < -0.4 is 10.2 Å². The van der Waals surface area contributed by atoms with E-state index in [0.29, 0.717) is 0 Å². The Morgan fingerprint density at radius 3 is 2.50 bits per heavy atom. The summed E-state index contributed by atoms with van der Waals surface area (Å²) in [5, 5.41) is 3.53. The second kappa shape index (κ2) is 6.48. The Hall–Kier alpha value is -0.540. The predicted octanol–water partition coefficient (Wildman–Crippen LogP) is 4.57. The van der Waals surface area contributed by atoms with Crippen LogP contribution in [-0.2, 0) is 6.54 Å². The minimum atomic E-state index is 0.152. The van der Waals surface area contributed by atoms with Crippen LogP contribution in [0.2, 0.25) is 0 Å². The van der Waals surface area contributed by atoms with E-state index >= 15 is 0 Å². The molecule has 0 aromatic heterocycles. The molecule has 0 heterocycles. The summed E-state index contributed by atoms with van der Waals surface area (Å²) in [6.45, 7) is 8.67. The zero-order valence-corrected chi connectivity index (χ0v) is 14.8. The van der Waals surface area contributed by atoms with Crippen molar-refractivity contribution in [3.63, 3.8) is 0 Å². The molecular formula is C17H27BrN2. The lowest BCUT2D eigenvalue weighted by molar-refractivity contribution is 0.321. The second-order valence-electron chi connectivity index (χ2n) is 7.06. The average Bonchev–Trinajstić information content (AvgIpc) is 2.30. The Kier molecular flexibility index (Phi) is 5.14. The molecule has 1 aliphatic rings. The van der Waals surface area contributed by atoms with Gasteiger partial charge in [-0.1, -0.05) is 28.4 Å². The lowest BCUT2D eigenvalue weighted by Crippen LogP contribution is -2.35. The quantitative estimate of drug-likeness (QED) is 0.845. The van der Waals surface area contributed by atoms with E-state index in [-0.39, 0.29) is 5.54 Å². The van der Waals surface area contributed by atoms with E-state index in [1.165, 1.54) is 41.5 Å². The molecule has 0 atom stereocenters. The number of hydrogen-bond donors (Lipinski definition) is 1. The van der Waals surface area contributed by atoms with Crippen molar-refractivity contribution in [2.45, 2.75) is 52.1 Å². The molecule has 112 valence electrons. The monoisotopic (exact) mass is 338 g/mol. The molecular weight excluding hydrogens is 312 g/mol. The van der Waals surface area contributed by atoms with Crippen LogP contribution in [0.3, 0.4) is 0 Å². The van der Waals surface area contributed by atoms with E-state index in [9.17, 15) is 0 Å². The summed E-state index contributed by atoms with van der Waals surface area (Å²) in [5.74, 6) is 0.904. The normalized spacial score (nSPS) is 16.1. The number of halogens is 1. The van der Waals surface area contributed by atoms with Gasteiger partial charge in [-0.3, -0.25) is 0 Å². The summed E-state index contributed by atoms with van der Waals surface area (Å²) < 4.78 is 1.20. The maximum absolute atomic E-state index is 3.71. The van der Waals surface area contributed by atoms with E-state index < -0.39 is 0 Å². The van der Waals surface area contributed by atoms with E-state index in [2.05, 4.69) is 72.2 Å². The smallest absolute Gasteiger partial charge is 0.0375 e. The first-order valence-corrected chi connectivity index (χ1v) is 8.39. The Labute approximate surface area is 132 Å². The highest BCUT2D eigenvalue weighted by Gasteiger charge is 2.19. The molecule has 3 heteroatoms. The summed E-state index contributed by atoms with van der Waals surface area (Å²) in [6.07, 6.45) is 4.22. The molecule has 1 N–H and O–H groups in total. The standard InChI is InChI=1S/C17H27BrN2/c1-17(2,3)19-11-14-8-9-15(10-16(14)18)20(4)12-13-6-5-7-13/h8-10,13,19H,5-7,11-12H2,1-4H3. The van der Waals surface area contributed by atoms with E-state index in [1.807, 2.05) is 0 Å². The third-order valence-corrected chi connectivity index (χ3v) is 4.78. The van der Waals surface area contributed by atoms with Crippen LogP contribution >= 0.6 is 15.9 Å². The summed E-state index contributed by atoms with van der Waals surface area (Å²) >= 11 is 3.71. The van der Waals surface area contributed by atoms with Crippen molar-refractivity contribution in [3.8, 4) is 0 Å². The predicted molar refractivity (Wildman–Crippen MR) is 91.3 cm³/mol. The number of rotatable bonds is 5. The fourth-order valence-electron chi connectivity index (χ4n) is 2.45. The zero-order chi connectivity index (χ0) is 14.8. The third-order valence-electron chi connectivity index (χ3n) is 4.04. The maximum atomic E-state index is 3.71. The molecule has 2 rings (SSSR count). The van der Waals surface area contributed by atoms with Gasteiger partial charge < -0.3 is 10.2 Å². The van der Waals surface area contributed by atoms with Crippen molar-refractivity contribution in [2.24, 2.45) is 5.92 Å². The van der Waals surface area contributed by atoms with E-state index in [0.717, 1.165) is 12.5 Å². The van der Waals surface area contributed by atoms with Crippen molar-refractivity contribution < 1.29 is 0 Å². The average molecular weight is 339 g/mol. The molecule has 0 bridgehead atoms. The molecule has 0 spiro atoms. The zero-order valence-electron chi connectivity index (χ0n) is 13.2. The van der Waals surface area contributed by atoms with Gasteiger partial charge in [0.25, 0.3) is 0 Å². The molecule has 20 heavy (non-hydrogen) atoms. The molecule has 1 aliphatic carbocycles. The van der Waals surface area contributed by atoms with Gasteiger partial charge in [0.05, 0.1) is 0 Å². The van der Waals surface area contributed by atoms with Gasteiger partial charge in [0, 0.05) is 35.8 Å². The van der Waals surface area contributed by atoms with Crippen LogP contribution in [0.4, 0.5) is 5.69 Å². The Morgan fingerprint density at radius 1 is 1.30 bits per heavy atom. The van der Waals surface area contributed by atoms with E-state index in [1.54, 1.807) is 0 Å². The summed E-state index contributed by atoms with van der Waals surface area (Å²) in [6, 6.07) is 6.72. The first kappa shape index (κ1) is 15.8. The molecule has 2 nitrogen and oxygen atoms in total. The van der Waals surface area contributed by atoms with Crippen LogP contribution in [0.1, 0.15) is 45.6 Å². The Morgan fingerprint density at radius 2 is 2.00 bits per heavy atom. The number of nitrogens with one attached hydrogen (secondary N) is 1. The number of benzene rings is 1. The molecule has 1 saturated carbocycles. The first-order chi connectivity index (χ1) is 9.35.